The number of nitriles is 1. The Morgan fingerprint density at radius 1 is 1.10 bits per heavy atom. The molecule has 2 bridgehead atoms. The molecule has 6 nitrogen and oxygen atoms in total. The Morgan fingerprint density at radius 3 is 2.66 bits per heavy atom. The van der Waals surface area contributed by atoms with E-state index in [0.29, 0.717) is 11.8 Å². The summed E-state index contributed by atoms with van der Waals surface area (Å²) in [6.07, 6.45) is 2.13. The molecule has 4 saturated heterocycles. The predicted molar refractivity (Wildman–Crippen MR) is 103 cm³/mol. The first-order valence-electron chi connectivity index (χ1n) is 10.8. The standard InChI is InChI=1S/C23H29NO5/c1-14-9-10-18-15(2)20(25-19(13-24)16-7-5-4-6-8-16)26-21-23(18)17(14)11-12-22(3,27-21)28-29-23/h4-8,14-15,17-21H,9-12H2,1-3H3/t14-,15-,17+,18+,19+,20+,21+,22-,23-/m1/s1. The quantitative estimate of drug-likeness (QED) is 0.698. The number of benzene rings is 1. The van der Waals surface area contributed by atoms with Gasteiger partial charge in [0.25, 0.3) is 0 Å². The van der Waals surface area contributed by atoms with E-state index in [1.165, 1.54) is 0 Å². The number of hydrogen-bond donors (Lipinski definition) is 0. The van der Waals surface area contributed by atoms with Crippen molar-refractivity contribution in [3.8, 4) is 6.07 Å². The summed E-state index contributed by atoms with van der Waals surface area (Å²) in [7, 11) is 0. The Morgan fingerprint density at radius 2 is 1.90 bits per heavy atom. The van der Waals surface area contributed by atoms with Crippen LogP contribution in [0.2, 0.25) is 0 Å². The summed E-state index contributed by atoms with van der Waals surface area (Å²) in [5.41, 5.74) is 0.220. The molecule has 1 aliphatic carbocycles. The Bertz CT molecular complexity index is 796. The number of fused-ring (bicyclic) bond motifs is 2. The summed E-state index contributed by atoms with van der Waals surface area (Å²) in [4.78, 5) is 12.0. The predicted octanol–water partition coefficient (Wildman–Crippen LogP) is 4.48. The molecule has 1 aromatic rings. The third-order valence-electron chi connectivity index (χ3n) is 7.59. The fraction of sp³-hybridized carbons (Fsp3) is 0.696. The number of hydrogen-bond acceptors (Lipinski definition) is 6. The van der Waals surface area contributed by atoms with Crippen molar-refractivity contribution in [2.75, 3.05) is 0 Å². The molecule has 0 unspecified atom stereocenters. The van der Waals surface area contributed by atoms with Crippen LogP contribution in [0.25, 0.3) is 0 Å². The second kappa shape index (κ2) is 7.04. The van der Waals surface area contributed by atoms with E-state index < -0.39 is 30.1 Å². The van der Waals surface area contributed by atoms with Crippen LogP contribution in [0, 0.1) is 35.0 Å². The van der Waals surface area contributed by atoms with Gasteiger partial charge in [0.15, 0.2) is 24.3 Å². The average Bonchev–Trinajstić information content (AvgIpc) is 2.96. The molecule has 0 radical (unpaired) electrons. The van der Waals surface area contributed by atoms with Gasteiger partial charge >= 0.3 is 0 Å². The highest BCUT2D eigenvalue weighted by Gasteiger charge is 2.69. The average molecular weight is 399 g/mol. The molecule has 4 heterocycles. The van der Waals surface area contributed by atoms with Crippen LogP contribution in [0.5, 0.6) is 0 Å². The Hall–Kier alpha value is -1.49. The minimum atomic E-state index is -0.809. The lowest BCUT2D eigenvalue weighted by Gasteiger charge is -2.60. The van der Waals surface area contributed by atoms with Gasteiger partial charge in [-0.15, -0.1) is 0 Å². The summed E-state index contributed by atoms with van der Waals surface area (Å²) >= 11 is 0. The fourth-order valence-corrected chi connectivity index (χ4v) is 5.97. The van der Waals surface area contributed by atoms with Gasteiger partial charge in [-0.05, 0) is 43.6 Å². The number of rotatable bonds is 3. The van der Waals surface area contributed by atoms with Crippen molar-refractivity contribution in [1.82, 2.24) is 0 Å². The lowest BCUT2D eigenvalue weighted by Crippen LogP contribution is -2.70. The van der Waals surface area contributed by atoms with Gasteiger partial charge in [-0.2, -0.15) is 5.26 Å². The highest BCUT2D eigenvalue weighted by atomic mass is 17.3. The SMILES string of the molecule is C[C@H]1[C@@H](O[C@@H](C#N)c2ccccc2)O[C@H]2O[C@@]3(C)CC[C@H]4[C@H](C)CC[C@@H]1[C@@]24OO3. The Balaban J connectivity index is 1.46. The van der Waals surface area contributed by atoms with E-state index in [4.69, 9.17) is 24.0 Å². The zero-order valence-electron chi connectivity index (χ0n) is 17.2. The van der Waals surface area contributed by atoms with Crippen LogP contribution in [0.4, 0.5) is 0 Å². The largest absolute Gasteiger partial charge is 0.329 e. The van der Waals surface area contributed by atoms with Gasteiger partial charge in [0, 0.05) is 18.3 Å². The lowest BCUT2D eigenvalue weighted by molar-refractivity contribution is -0.578. The van der Waals surface area contributed by atoms with Crippen molar-refractivity contribution in [2.24, 2.45) is 23.7 Å². The molecule has 1 aromatic carbocycles. The van der Waals surface area contributed by atoms with Gasteiger partial charge in [0.2, 0.25) is 5.79 Å². The van der Waals surface area contributed by atoms with Crippen LogP contribution in [0.1, 0.15) is 58.1 Å². The van der Waals surface area contributed by atoms with Gasteiger partial charge in [0.05, 0.1) is 6.07 Å². The first-order chi connectivity index (χ1) is 14.0. The van der Waals surface area contributed by atoms with Crippen molar-refractivity contribution in [3.63, 3.8) is 0 Å². The van der Waals surface area contributed by atoms with Gasteiger partial charge < -0.3 is 14.2 Å². The van der Waals surface area contributed by atoms with E-state index in [1.807, 2.05) is 37.3 Å². The lowest BCUT2D eigenvalue weighted by atomic mass is 9.58. The maximum Gasteiger partial charge on any atom is 0.201 e. The molecular weight excluding hydrogens is 370 g/mol. The highest BCUT2D eigenvalue weighted by molar-refractivity contribution is 5.22. The Kier molecular flexibility index (Phi) is 4.73. The van der Waals surface area contributed by atoms with E-state index in [9.17, 15) is 5.26 Å². The first-order valence-corrected chi connectivity index (χ1v) is 10.8. The van der Waals surface area contributed by atoms with Crippen molar-refractivity contribution in [1.29, 1.82) is 5.26 Å². The van der Waals surface area contributed by atoms with Gasteiger partial charge in [-0.25, -0.2) is 9.78 Å². The van der Waals surface area contributed by atoms with Crippen molar-refractivity contribution < 1.29 is 24.0 Å². The van der Waals surface area contributed by atoms with Gasteiger partial charge in [0.1, 0.15) is 0 Å². The second-order valence-electron chi connectivity index (χ2n) is 9.33. The van der Waals surface area contributed by atoms with Crippen molar-refractivity contribution in [2.45, 2.75) is 76.5 Å². The minimum Gasteiger partial charge on any atom is -0.329 e. The van der Waals surface area contributed by atoms with Crippen LogP contribution >= 0.6 is 0 Å². The molecule has 29 heavy (non-hydrogen) atoms. The molecule has 156 valence electrons. The molecule has 1 saturated carbocycles. The molecule has 4 aliphatic heterocycles. The zero-order chi connectivity index (χ0) is 20.2. The molecule has 1 spiro atoms. The minimum absolute atomic E-state index is 0.0514. The molecule has 0 N–H and O–H groups in total. The van der Waals surface area contributed by atoms with E-state index in [0.717, 1.165) is 31.2 Å². The number of ether oxygens (including phenoxy) is 3. The van der Waals surface area contributed by atoms with E-state index in [-0.39, 0.29) is 11.8 Å². The summed E-state index contributed by atoms with van der Waals surface area (Å²) in [6.45, 7) is 6.34. The Labute approximate surface area is 172 Å². The molecular formula is C23H29NO5. The maximum absolute atomic E-state index is 9.72. The van der Waals surface area contributed by atoms with E-state index in [2.05, 4.69) is 19.9 Å². The third kappa shape index (κ3) is 2.95. The molecule has 5 aliphatic rings. The summed E-state index contributed by atoms with van der Waals surface area (Å²) in [6, 6.07) is 11.8. The third-order valence-corrected chi connectivity index (χ3v) is 7.59. The smallest absolute Gasteiger partial charge is 0.201 e. The summed E-state index contributed by atoms with van der Waals surface area (Å²) in [5, 5.41) is 9.72. The van der Waals surface area contributed by atoms with Crippen LogP contribution in [0.3, 0.4) is 0 Å². The zero-order valence-corrected chi connectivity index (χ0v) is 17.2. The first kappa shape index (κ1) is 19.5. The summed E-state index contributed by atoms with van der Waals surface area (Å²) in [5.74, 6) is 0.267. The van der Waals surface area contributed by atoms with Gasteiger partial charge in [-0.3, -0.25) is 0 Å². The van der Waals surface area contributed by atoms with Crippen LogP contribution in [-0.2, 0) is 24.0 Å². The monoisotopic (exact) mass is 399 g/mol. The normalized spacial score (nSPS) is 47.0. The van der Waals surface area contributed by atoms with Crippen LogP contribution < -0.4 is 0 Å². The fourth-order valence-electron chi connectivity index (χ4n) is 5.97. The second-order valence-corrected chi connectivity index (χ2v) is 9.33. The van der Waals surface area contributed by atoms with E-state index in [1.54, 1.807) is 0 Å². The van der Waals surface area contributed by atoms with Crippen LogP contribution in [-0.4, -0.2) is 24.0 Å². The molecule has 6 heteroatoms. The van der Waals surface area contributed by atoms with Crippen LogP contribution in [0.15, 0.2) is 30.3 Å². The van der Waals surface area contributed by atoms with Gasteiger partial charge in [-0.1, -0.05) is 44.2 Å². The van der Waals surface area contributed by atoms with E-state index >= 15 is 0 Å². The van der Waals surface area contributed by atoms with Crippen molar-refractivity contribution >= 4 is 0 Å². The molecule has 9 atom stereocenters. The maximum atomic E-state index is 9.72. The molecule has 5 fully saturated rings. The number of nitrogens with zero attached hydrogens (tertiary/aromatic N) is 1. The van der Waals surface area contributed by atoms with Crippen molar-refractivity contribution in [3.05, 3.63) is 35.9 Å². The topological polar surface area (TPSA) is 69.9 Å². The summed E-state index contributed by atoms with van der Waals surface area (Å²) < 4.78 is 19.0. The molecule has 0 amide bonds. The molecule has 0 aromatic heterocycles. The highest BCUT2D eigenvalue weighted by Crippen LogP contribution is 2.60. The molecule has 6 rings (SSSR count).